The Labute approximate surface area is 175 Å². The number of nitrogens with zero attached hydrogens (tertiary/aromatic N) is 1. The SMILES string of the molecule is Cc1cc(NC(=O)[C@@H](C)SCC(=O)N[C@@H](c2ccc(F)cc2)c2cccs2)no1. The average molecular weight is 434 g/mol. The molecule has 2 atom stereocenters. The lowest BCUT2D eigenvalue weighted by Crippen LogP contribution is -2.32. The lowest BCUT2D eigenvalue weighted by Gasteiger charge is -2.19. The van der Waals surface area contributed by atoms with E-state index in [1.165, 1.54) is 35.2 Å². The Morgan fingerprint density at radius 3 is 2.66 bits per heavy atom. The molecule has 29 heavy (non-hydrogen) atoms. The van der Waals surface area contributed by atoms with Crippen LogP contribution >= 0.6 is 23.1 Å². The van der Waals surface area contributed by atoms with Gasteiger partial charge in [-0.15, -0.1) is 23.1 Å². The first kappa shape index (κ1) is 21.1. The Balaban J connectivity index is 1.57. The molecule has 0 aliphatic carbocycles. The highest BCUT2D eigenvalue weighted by Gasteiger charge is 2.21. The second kappa shape index (κ2) is 9.71. The van der Waals surface area contributed by atoms with E-state index in [-0.39, 0.29) is 29.4 Å². The summed E-state index contributed by atoms with van der Waals surface area (Å²) in [5, 5.41) is 10.8. The fraction of sp³-hybridized carbons (Fsp3) is 0.250. The van der Waals surface area contributed by atoms with Crippen molar-refractivity contribution >= 4 is 40.7 Å². The highest BCUT2D eigenvalue weighted by atomic mass is 32.2. The number of anilines is 1. The van der Waals surface area contributed by atoms with Crippen LogP contribution in [0.5, 0.6) is 0 Å². The Morgan fingerprint density at radius 1 is 1.28 bits per heavy atom. The van der Waals surface area contributed by atoms with Gasteiger partial charge in [-0.25, -0.2) is 4.39 Å². The Morgan fingerprint density at radius 2 is 2.03 bits per heavy atom. The predicted octanol–water partition coefficient (Wildman–Crippen LogP) is 4.15. The van der Waals surface area contributed by atoms with Crippen LogP contribution < -0.4 is 10.6 Å². The number of hydrogen-bond donors (Lipinski definition) is 2. The molecular weight excluding hydrogens is 413 g/mol. The zero-order valence-electron chi connectivity index (χ0n) is 15.8. The summed E-state index contributed by atoms with van der Waals surface area (Å²) < 4.78 is 18.2. The minimum absolute atomic E-state index is 0.107. The minimum Gasteiger partial charge on any atom is -0.360 e. The summed E-state index contributed by atoms with van der Waals surface area (Å²) in [6.45, 7) is 3.45. The molecule has 2 amide bonds. The van der Waals surface area contributed by atoms with Gasteiger partial charge in [-0.3, -0.25) is 9.59 Å². The van der Waals surface area contributed by atoms with Crippen molar-refractivity contribution in [2.45, 2.75) is 25.1 Å². The van der Waals surface area contributed by atoms with Crippen LogP contribution in [0.1, 0.15) is 29.2 Å². The quantitative estimate of drug-likeness (QED) is 0.558. The molecule has 0 aliphatic heterocycles. The van der Waals surface area contributed by atoms with Gasteiger partial charge in [-0.1, -0.05) is 23.4 Å². The van der Waals surface area contributed by atoms with Gasteiger partial charge in [0.15, 0.2) is 5.82 Å². The Kier molecular flexibility index (Phi) is 7.05. The topological polar surface area (TPSA) is 84.2 Å². The van der Waals surface area contributed by atoms with Crippen molar-refractivity contribution < 1.29 is 18.5 Å². The number of aromatic nitrogens is 1. The van der Waals surface area contributed by atoms with Crippen molar-refractivity contribution in [1.29, 1.82) is 0 Å². The molecule has 0 aliphatic rings. The summed E-state index contributed by atoms with van der Waals surface area (Å²) in [4.78, 5) is 25.7. The van der Waals surface area contributed by atoms with Gasteiger partial charge in [0, 0.05) is 10.9 Å². The first-order valence-corrected chi connectivity index (χ1v) is 10.8. The van der Waals surface area contributed by atoms with E-state index in [9.17, 15) is 14.0 Å². The molecule has 0 unspecified atom stereocenters. The van der Waals surface area contributed by atoms with Crippen LogP contribution in [-0.4, -0.2) is 28.0 Å². The van der Waals surface area contributed by atoms with Crippen LogP contribution in [0.4, 0.5) is 10.2 Å². The van der Waals surface area contributed by atoms with E-state index in [1.54, 1.807) is 32.0 Å². The Bertz CT molecular complexity index is 958. The maximum Gasteiger partial charge on any atom is 0.238 e. The van der Waals surface area contributed by atoms with Gasteiger partial charge in [0.25, 0.3) is 0 Å². The summed E-state index contributed by atoms with van der Waals surface area (Å²) >= 11 is 2.73. The average Bonchev–Trinajstić information content (AvgIpc) is 3.37. The third-order valence-corrected chi connectivity index (χ3v) is 6.13. The number of nitrogens with one attached hydrogen (secondary N) is 2. The zero-order valence-corrected chi connectivity index (χ0v) is 17.5. The van der Waals surface area contributed by atoms with Crippen molar-refractivity contribution in [1.82, 2.24) is 10.5 Å². The lowest BCUT2D eigenvalue weighted by molar-refractivity contribution is -0.119. The second-order valence-corrected chi connectivity index (χ2v) is 8.64. The Hall–Kier alpha value is -2.65. The largest absolute Gasteiger partial charge is 0.360 e. The van der Waals surface area contributed by atoms with E-state index < -0.39 is 5.25 Å². The molecule has 3 aromatic rings. The van der Waals surface area contributed by atoms with E-state index in [0.29, 0.717) is 11.6 Å². The molecule has 6 nitrogen and oxygen atoms in total. The number of thiophene rings is 1. The molecule has 2 N–H and O–H groups in total. The van der Waals surface area contributed by atoms with Crippen LogP contribution in [0.25, 0.3) is 0 Å². The normalized spacial score (nSPS) is 12.9. The molecule has 0 spiro atoms. The molecule has 9 heteroatoms. The van der Waals surface area contributed by atoms with Crippen LogP contribution in [0.2, 0.25) is 0 Å². The molecular formula is C20H20FN3O3S2. The van der Waals surface area contributed by atoms with Crippen molar-refractivity contribution in [2.24, 2.45) is 0 Å². The number of halogens is 1. The van der Waals surface area contributed by atoms with Gasteiger partial charge < -0.3 is 15.2 Å². The van der Waals surface area contributed by atoms with E-state index in [2.05, 4.69) is 15.8 Å². The predicted molar refractivity (Wildman–Crippen MR) is 112 cm³/mol. The summed E-state index contributed by atoms with van der Waals surface area (Å²) in [5.74, 6) is 0.246. The number of aryl methyl sites for hydroxylation is 1. The van der Waals surface area contributed by atoms with E-state index in [1.807, 2.05) is 17.5 Å². The van der Waals surface area contributed by atoms with Crippen molar-refractivity contribution in [2.75, 3.05) is 11.1 Å². The molecule has 3 rings (SSSR count). The van der Waals surface area contributed by atoms with E-state index >= 15 is 0 Å². The van der Waals surface area contributed by atoms with Crippen LogP contribution in [0, 0.1) is 12.7 Å². The maximum atomic E-state index is 13.3. The summed E-state index contributed by atoms with van der Waals surface area (Å²) in [6, 6.07) is 11.1. The van der Waals surface area contributed by atoms with Gasteiger partial charge in [-0.05, 0) is 43.0 Å². The molecule has 2 aromatic heterocycles. The van der Waals surface area contributed by atoms with Gasteiger partial charge in [-0.2, -0.15) is 0 Å². The van der Waals surface area contributed by atoms with E-state index in [0.717, 1.165) is 10.4 Å². The molecule has 2 heterocycles. The molecule has 0 radical (unpaired) electrons. The monoisotopic (exact) mass is 433 g/mol. The summed E-state index contributed by atoms with van der Waals surface area (Å²) in [5.41, 5.74) is 0.791. The third kappa shape index (κ3) is 5.91. The first-order chi connectivity index (χ1) is 13.9. The summed E-state index contributed by atoms with van der Waals surface area (Å²) in [6.07, 6.45) is 0. The summed E-state index contributed by atoms with van der Waals surface area (Å²) in [7, 11) is 0. The smallest absolute Gasteiger partial charge is 0.238 e. The molecule has 1 aromatic carbocycles. The lowest BCUT2D eigenvalue weighted by atomic mass is 10.1. The zero-order chi connectivity index (χ0) is 20.8. The second-order valence-electron chi connectivity index (χ2n) is 6.33. The van der Waals surface area contributed by atoms with Crippen LogP contribution in [0.15, 0.2) is 52.4 Å². The minimum atomic E-state index is -0.455. The first-order valence-electron chi connectivity index (χ1n) is 8.86. The highest BCUT2D eigenvalue weighted by molar-refractivity contribution is 8.01. The van der Waals surface area contributed by atoms with Gasteiger partial charge in [0.2, 0.25) is 11.8 Å². The van der Waals surface area contributed by atoms with Crippen LogP contribution in [0.3, 0.4) is 0 Å². The standard InChI is InChI=1S/C20H20FN3O3S2/c1-12-10-17(24-27-12)22-20(26)13(2)29-11-18(25)23-19(16-4-3-9-28-16)14-5-7-15(21)8-6-14/h3-10,13,19H,11H2,1-2H3,(H,23,25)(H,22,24,26)/t13-,19+/m1/s1. The highest BCUT2D eigenvalue weighted by Crippen LogP contribution is 2.26. The molecule has 0 fully saturated rings. The van der Waals surface area contributed by atoms with Crippen molar-refractivity contribution in [3.63, 3.8) is 0 Å². The fourth-order valence-corrected chi connectivity index (χ4v) is 4.06. The van der Waals surface area contributed by atoms with Gasteiger partial charge >= 0.3 is 0 Å². The van der Waals surface area contributed by atoms with Gasteiger partial charge in [0.05, 0.1) is 17.0 Å². The molecule has 0 saturated carbocycles. The molecule has 0 saturated heterocycles. The molecule has 0 bridgehead atoms. The molecule has 152 valence electrons. The maximum absolute atomic E-state index is 13.3. The number of carbonyl (C=O) groups is 2. The van der Waals surface area contributed by atoms with Crippen molar-refractivity contribution in [3.8, 4) is 0 Å². The number of hydrogen-bond acceptors (Lipinski definition) is 6. The number of benzene rings is 1. The number of carbonyl (C=O) groups excluding carboxylic acids is 2. The third-order valence-electron chi connectivity index (χ3n) is 4.05. The van der Waals surface area contributed by atoms with E-state index in [4.69, 9.17) is 4.52 Å². The fourth-order valence-electron chi connectivity index (χ4n) is 2.56. The number of rotatable bonds is 8. The van der Waals surface area contributed by atoms with Crippen LogP contribution in [-0.2, 0) is 9.59 Å². The number of thioether (sulfide) groups is 1. The van der Waals surface area contributed by atoms with Crippen molar-refractivity contribution in [3.05, 3.63) is 69.9 Å². The number of amides is 2. The van der Waals surface area contributed by atoms with Gasteiger partial charge in [0.1, 0.15) is 11.6 Å².